The highest BCUT2D eigenvalue weighted by atomic mass is 32.2. The van der Waals surface area contributed by atoms with E-state index in [1.54, 1.807) is 0 Å². The van der Waals surface area contributed by atoms with Crippen molar-refractivity contribution in [3.8, 4) is 11.1 Å². The number of rotatable bonds is 4. The van der Waals surface area contributed by atoms with Crippen LogP contribution in [0.15, 0.2) is 154 Å². The lowest BCUT2D eigenvalue weighted by Gasteiger charge is -2.13. The third-order valence-corrected chi connectivity index (χ3v) is 8.37. The fraction of sp³-hybridized carbons (Fsp3) is 0. The molecule has 0 fully saturated rings. The summed E-state index contributed by atoms with van der Waals surface area (Å²) in [6.45, 7) is 0. The zero-order chi connectivity index (χ0) is 22.0. The molecule has 1 unspecified atom stereocenters. The van der Waals surface area contributed by atoms with Gasteiger partial charge in [0.15, 0.2) is 14.7 Å². The molecule has 0 aliphatic heterocycles. The SMILES string of the molecule is c1ccc([S+](c2ccc3ccccc3c2)c2ccccc2-c2ccc3ccccc3c2)cc1. The van der Waals surface area contributed by atoms with Crippen LogP contribution in [0.25, 0.3) is 32.7 Å². The van der Waals surface area contributed by atoms with Gasteiger partial charge in [0.2, 0.25) is 0 Å². The maximum absolute atomic E-state index is 2.36. The highest BCUT2D eigenvalue weighted by Gasteiger charge is 2.31. The van der Waals surface area contributed by atoms with Crippen molar-refractivity contribution in [2.75, 3.05) is 0 Å². The molecular formula is C32H23S+. The van der Waals surface area contributed by atoms with Crippen molar-refractivity contribution in [2.24, 2.45) is 0 Å². The summed E-state index contributed by atoms with van der Waals surface area (Å²) in [5.41, 5.74) is 2.56. The first-order valence-electron chi connectivity index (χ1n) is 11.2. The van der Waals surface area contributed by atoms with Crippen molar-refractivity contribution >= 4 is 32.4 Å². The highest BCUT2D eigenvalue weighted by molar-refractivity contribution is 7.97. The van der Waals surface area contributed by atoms with Gasteiger partial charge in [0.25, 0.3) is 0 Å². The van der Waals surface area contributed by atoms with E-state index in [9.17, 15) is 0 Å². The van der Waals surface area contributed by atoms with Gasteiger partial charge >= 0.3 is 0 Å². The molecule has 0 aromatic heterocycles. The lowest BCUT2D eigenvalue weighted by Crippen LogP contribution is -2.06. The third-order valence-electron chi connectivity index (χ3n) is 6.10. The van der Waals surface area contributed by atoms with E-state index in [4.69, 9.17) is 0 Å². The fourth-order valence-electron chi connectivity index (χ4n) is 4.48. The highest BCUT2D eigenvalue weighted by Crippen LogP contribution is 2.39. The first-order chi connectivity index (χ1) is 16.4. The van der Waals surface area contributed by atoms with Crippen molar-refractivity contribution in [1.82, 2.24) is 0 Å². The molecule has 0 N–H and O–H groups in total. The average Bonchev–Trinajstić information content (AvgIpc) is 2.89. The van der Waals surface area contributed by atoms with Gasteiger partial charge in [-0.1, -0.05) is 91.0 Å². The van der Waals surface area contributed by atoms with E-state index < -0.39 is 0 Å². The van der Waals surface area contributed by atoms with Gasteiger partial charge in [-0.05, 0) is 69.6 Å². The summed E-state index contributed by atoms with van der Waals surface area (Å²) < 4.78 is 0. The summed E-state index contributed by atoms with van der Waals surface area (Å²) in [5.74, 6) is 0. The van der Waals surface area contributed by atoms with Crippen LogP contribution in [0.3, 0.4) is 0 Å². The Hall–Kier alpha value is -3.81. The second-order valence-corrected chi connectivity index (χ2v) is 10.2. The van der Waals surface area contributed by atoms with E-state index in [1.165, 1.54) is 47.4 Å². The van der Waals surface area contributed by atoms with Crippen molar-refractivity contribution in [3.05, 3.63) is 140 Å². The number of benzene rings is 6. The molecule has 1 heteroatoms. The van der Waals surface area contributed by atoms with Crippen LogP contribution in [-0.2, 0) is 10.9 Å². The van der Waals surface area contributed by atoms with Gasteiger partial charge in [-0.3, -0.25) is 0 Å². The van der Waals surface area contributed by atoms with Gasteiger partial charge in [-0.25, -0.2) is 0 Å². The van der Waals surface area contributed by atoms with Crippen molar-refractivity contribution in [2.45, 2.75) is 14.7 Å². The molecule has 33 heavy (non-hydrogen) atoms. The van der Waals surface area contributed by atoms with Gasteiger partial charge in [0.1, 0.15) is 0 Å². The topological polar surface area (TPSA) is 0 Å². The molecule has 6 aromatic rings. The predicted octanol–water partition coefficient (Wildman–Crippen LogP) is 8.76. The molecular weight excluding hydrogens is 416 g/mol. The zero-order valence-electron chi connectivity index (χ0n) is 18.2. The maximum atomic E-state index is 2.36. The zero-order valence-corrected chi connectivity index (χ0v) is 19.0. The molecule has 0 spiro atoms. The Labute approximate surface area is 197 Å². The minimum absolute atomic E-state index is 0.216. The summed E-state index contributed by atoms with van der Waals surface area (Å²) in [6.07, 6.45) is 0. The van der Waals surface area contributed by atoms with E-state index in [1.807, 2.05) is 0 Å². The quantitative estimate of drug-likeness (QED) is 0.241. The Kier molecular flexibility index (Phi) is 5.18. The van der Waals surface area contributed by atoms with Gasteiger partial charge in [-0.2, -0.15) is 0 Å². The molecule has 0 nitrogen and oxygen atoms in total. The second-order valence-electron chi connectivity index (χ2n) is 8.19. The molecule has 6 aromatic carbocycles. The van der Waals surface area contributed by atoms with Crippen LogP contribution >= 0.6 is 0 Å². The third kappa shape index (κ3) is 3.82. The largest absolute Gasteiger partial charge is 0.174 e. The minimum atomic E-state index is -0.216. The lowest BCUT2D eigenvalue weighted by atomic mass is 10.0. The minimum Gasteiger partial charge on any atom is -0.0619 e. The summed E-state index contributed by atoms with van der Waals surface area (Å²) in [7, 11) is -0.216. The molecule has 0 saturated heterocycles. The Balaban J connectivity index is 1.57. The van der Waals surface area contributed by atoms with Crippen molar-refractivity contribution < 1.29 is 0 Å². The molecule has 0 bridgehead atoms. The molecule has 156 valence electrons. The number of hydrogen-bond acceptors (Lipinski definition) is 0. The summed E-state index contributed by atoms with van der Waals surface area (Å²) in [4.78, 5) is 4.03. The Morgan fingerprint density at radius 1 is 0.364 bits per heavy atom. The number of hydrogen-bond donors (Lipinski definition) is 0. The van der Waals surface area contributed by atoms with Crippen LogP contribution in [0, 0.1) is 0 Å². The Morgan fingerprint density at radius 2 is 0.939 bits per heavy atom. The molecule has 0 aliphatic rings. The predicted molar refractivity (Wildman–Crippen MR) is 142 cm³/mol. The van der Waals surface area contributed by atoms with Crippen LogP contribution in [0.4, 0.5) is 0 Å². The molecule has 6 rings (SSSR count). The normalized spacial score (nSPS) is 12.1. The van der Waals surface area contributed by atoms with Crippen LogP contribution in [-0.4, -0.2) is 0 Å². The smallest absolute Gasteiger partial charge is 0.0619 e. The molecule has 1 atom stereocenters. The van der Waals surface area contributed by atoms with E-state index in [2.05, 4.69) is 140 Å². The average molecular weight is 440 g/mol. The Bertz CT molecular complexity index is 1570. The maximum Gasteiger partial charge on any atom is 0.174 e. The van der Waals surface area contributed by atoms with E-state index in [0.717, 1.165) is 0 Å². The molecule has 0 saturated carbocycles. The van der Waals surface area contributed by atoms with Crippen molar-refractivity contribution in [1.29, 1.82) is 0 Å². The van der Waals surface area contributed by atoms with Gasteiger partial charge < -0.3 is 0 Å². The van der Waals surface area contributed by atoms with Crippen LogP contribution in [0.1, 0.15) is 0 Å². The first-order valence-corrected chi connectivity index (χ1v) is 12.5. The van der Waals surface area contributed by atoms with Gasteiger partial charge in [-0.15, -0.1) is 0 Å². The van der Waals surface area contributed by atoms with Gasteiger partial charge in [0, 0.05) is 11.6 Å². The molecule has 0 aliphatic carbocycles. The summed E-state index contributed by atoms with van der Waals surface area (Å²) in [5, 5.41) is 5.11. The molecule has 0 amide bonds. The summed E-state index contributed by atoms with van der Waals surface area (Å²) in [6, 6.07) is 50.7. The standard InChI is InChI=1S/C32H23S/c1-2-14-29(15-3-1)33(30-21-20-25-11-5-7-13-27(25)23-30)32-17-9-8-16-31(32)28-19-18-24-10-4-6-12-26(24)22-28/h1-23H/q+1. The van der Waals surface area contributed by atoms with E-state index in [0.29, 0.717) is 0 Å². The number of fused-ring (bicyclic) bond motifs is 2. The van der Waals surface area contributed by atoms with Crippen LogP contribution < -0.4 is 0 Å². The fourth-order valence-corrected chi connectivity index (χ4v) is 6.76. The van der Waals surface area contributed by atoms with E-state index in [-0.39, 0.29) is 10.9 Å². The summed E-state index contributed by atoms with van der Waals surface area (Å²) >= 11 is 0. The molecule has 0 radical (unpaired) electrons. The van der Waals surface area contributed by atoms with Crippen LogP contribution in [0.2, 0.25) is 0 Å². The second kappa shape index (κ2) is 8.61. The first kappa shape index (κ1) is 19.8. The van der Waals surface area contributed by atoms with Gasteiger partial charge in [0.05, 0.1) is 10.9 Å². The Morgan fingerprint density at radius 3 is 1.70 bits per heavy atom. The van der Waals surface area contributed by atoms with Crippen LogP contribution in [0.5, 0.6) is 0 Å². The molecule has 0 heterocycles. The van der Waals surface area contributed by atoms with Crippen molar-refractivity contribution in [3.63, 3.8) is 0 Å². The lowest BCUT2D eigenvalue weighted by molar-refractivity contribution is 1.33. The monoisotopic (exact) mass is 439 g/mol. The van der Waals surface area contributed by atoms with E-state index >= 15 is 0 Å².